The van der Waals surface area contributed by atoms with Gasteiger partial charge in [-0.05, 0) is 19.8 Å². The maximum absolute atomic E-state index is 10.5. The van der Waals surface area contributed by atoms with E-state index in [1.807, 2.05) is 13.8 Å². The van der Waals surface area contributed by atoms with Crippen LogP contribution in [0, 0.1) is 0 Å². The quantitative estimate of drug-likeness (QED) is 0.315. The van der Waals surface area contributed by atoms with Gasteiger partial charge in [-0.2, -0.15) is 0 Å². The molecule has 0 radical (unpaired) electrons. The second-order valence-corrected chi connectivity index (χ2v) is 6.29. The normalized spacial score (nSPS) is 8.35. The summed E-state index contributed by atoms with van der Waals surface area (Å²) in [4.78, 5) is 49.4. The van der Waals surface area contributed by atoms with Crippen LogP contribution < -0.4 is 20.4 Å². The number of ketones is 2. The number of Topliss-reactive ketones (excluding diaryl/α,β-unsaturated/α-hetero) is 2. The summed E-state index contributed by atoms with van der Waals surface area (Å²) in [5.41, 5.74) is 0. The first-order valence-corrected chi connectivity index (χ1v) is 9.47. The van der Waals surface area contributed by atoms with Crippen LogP contribution in [0.25, 0.3) is 0 Å². The molecule has 11 heteroatoms. The Bertz CT molecular complexity index is 417. The van der Waals surface area contributed by atoms with Crippen molar-refractivity contribution in [2.45, 2.75) is 99.2 Å². The smallest absolute Gasteiger partial charge is 0.852 e. The minimum absolute atomic E-state index is 0. The van der Waals surface area contributed by atoms with Crippen LogP contribution in [0.4, 0.5) is 0 Å². The van der Waals surface area contributed by atoms with E-state index in [1.54, 1.807) is 27.7 Å². The molecule has 0 saturated heterocycles. The summed E-state index contributed by atoms with van der Waals surface area (Å²) >= 11 is 0. The molecule has 0 rings (SSSR count). The SMILES string of the molecule is CC(=O)[O-].CC(C)[O-].CC(C)[O-].CCCC(=O)CC(=O)O.CCCC(=O)CC(=O)[O-].[Ti+4]. The van der Waals surface area contributed by atoms with Crippen LogP contribution in [0.1, 0.15) is 87.0 Å². The van der Waals surface area contributed by atoms with Crippen LogP contribution >= 0.6 is 0 Å². The fourth-order valence-electron chi connectivity index (χ4n) is 1.06. The molecule has 0 bridgehead atoms. The molecule has 1 N–H and O–H groups in total. The van der Waals surface area contributed by atoms with Crippen LogP contribution in [0.2, 0.25) is 0 Å². The second kappa shape index (κ2) is 33.0. The average Bonchev–Trinajstić information content (AvgIpc) is 2.44. The van der Waals surface area contributed by atoms with Crippen molar-refractivity contribution in [2.24, 2.45) is 0 Å². The summed E-state index contributed by atoms with van der Waals surface area (Å²) in [7, 11) is 0. The molecule has 0 aliphatic carbocycles. The van der Waals surface area contributed by atoms with E-state index in [2.05, 4.69) is 0 Å². The van der Waals surface area contributed by atoms with Crippen molar-refractivity contribution >= 4 is 29.5 Å². The maximum atomic E-state index is 10.5. The minimum Gasteiger partial charge on any atom is -0.852 e. The zero-order valence-corrected chi connectivity index (χ0v) is 21.1. The van der Waals surface area contributed by atoms with Gasteiger partial charge in [-0.3, -0.25) is 14.4 Å². The largest absolute Gasteiger partial charge is 4.00 e. The Balaban J connectivity index is -0.0000000663. The van der Waals surface area contributed by atoms with Crippen molar-refractivity contribution in [2.75, 3.05) is 0 Å². The predicted molar refractivity (Wildman–Crippen MR) is 103 cm³/mol. The molecule has 0 aromatic heterocycles. The van der Waals surface area contributed by atoms with Crippen LogP contribution in [-0.4, -0.2) is 46.8 Å². The number of hydrogen-bond donors (Lipinski definition) is 1. The number of hydrogen-bond acceptors (Lipinski definition) is 9. The molecule has 0 saturated carbocycles. The average molecular weight is 484 g/mol. The Morgan fingerprint density at radius 2 is 0.968 bits per heavy atom. The standard InChI is InChI=1S/2C6H10O3.2C3H7O.C2H4O2.Ti/c2*1-2-3-5(7)4-6(8)9;2*1-3(2)4;1-2(3)4;/h2*2-4H2,1H3,(H,8,9);2*3H,1-2H3;1H3,(H,3,4);/q;;2*-1;;+4/p-2. The van der Waals surface area contributed by atoms with Crippen molar-refractivity contribution in [1.82, 2.24) is 0 Å². The molecule has 31 heavy (non-hydrogen) atoms. The van der Waals surface area contributed by atoms with E-state index in [0.717, 1.165) is 13.3 Å². The van der Waals surface area contributed by atoms with Gasteiger partial charge in [-0.1, -0.05) is 41.5 Å². The van der Waals surface area contributed by atoms with E-state index in [9.17, 15) is 34.5 Å². The Labute approximate surface area is 199 Å². The zero-order valence-electron chi connectivity index (χ0n) is 19.5. The number of carboxylic acid groups (broad SMARTS) is 3. The summed E-state index contributed by atoms with van der Waals surface area (Å²) < 4.78 is 0. The van der Waals surface area contributed by atoms with Gasteiger partial charge in [0.1, 0.15) is 18.0 Å². The third-order valence-electron chi connectivity index (χ3n) is 1.75. The van der Waals surface area contributed by atoms with Gasteiger partial charge in [0.25, 0.3) is 0 Å². The van der Waals surface area contributed by atoms with Gasteiger partial charge < -0.3 is 35.1 Å². The first kappa shape index (κ1) is 43.3. The fraction of sp³-hybridized carbons (Fsp3) is 0.750. The number of aliphatic carboxylic acids is 3. The molecule has 0 aromatic carbocycles. The summed E-state index contributed by atoms with van der Waals surface area (Å²) in [6, 6.07) is 0. The Kier molecular flexibility index (Phi) is 46.1. The molecule has 0 unspecified atom stereocenters. The van der Waals surface area contributed by atoms with Crippen molar-refractivity contribution in [1.29, 1.82) is 0 Å². The van der Waals surface area contributed by atoms with E-state index >= 15 is 0 Å². The summed E-state index contributed by atoms with van der Waals surface area (Å²) in [6.07, 6.45) is 0.556. The molecule has 0 aliphatic rings. The van der Waals surface area contributed by atoms with E-state index < -0.39 is 36.5 Å². The molecule has 0 fully saturated rings. The third kappa shape index (κ3) is 129. The van der Waals surface area contributed by atoms with Crippen LogP contribution in [0.5, 0.6) is 0 Å². The van der Waals surface area contributed by atoms with Gasteiger partial charge in [-0.15, -0.1) is 12.2 Å². The number of carbonyl (C=O) groups excluding carboxylic acids is 4. The van der Waals surface area contributed by atoms with Crippen molar-refractivity contribution in [3.8, 4) is 0 Å². The van der Waals surface area contributed by atoms with Crippen molar-refractivity contribution < 1.29 is 71.2 Å². The molecule has 0 aliphatic heterocycles. The number of carbonyl (C=O) groups is 5. The van der Waals surface area contributed by atoms with Gasteiger partial charge >= 0.3 is 27.7 Å². The first-order chi connectivity index (χ1) is 13.5. The van der Waals surface area contributed by atoms with Crippen LogP contribution in [-0.2, 0) is 45.7 Å². The molecular formula is C20H36O10Ti. The summed E-state index contributed by atoms with van der Waals surface area (Å²) in [6.45, 7) is 11.1. The van der Waals surface area contributed by atoms with E-state index in [1.165, 1.54) is 0 Å². The molecule has 0 aromatic rings. The second-order valence-electron chi connectivity index (χ2n) is 6.29. The van der Waals surface area contributed by atoms with E-state index in [-0.39, 0.29) is 39.7 Å². The first-order valence-electron chi connectivity index (χ1n) is 9.47. The zero-order chi connectivity index (χ0) is 25.3. The molecule has 10 nitrogen and oxygen atoms in total. The third-order valence-corrected chi connectivity index (χ3v) is 1.75. The van der Waals surface area contributed by atoms with Gasteiger partial charge in [0.15, 0.2) is 0 Å². The molecule has 0 atom stereocenters. The number of rotatable bonds is 8. The maximum Gasteiger partial charge on any atom is 4.00 e. The summed E-state index contributed by atoms with van der Waals surface area (Å²) in [5, 5.41) is 45.8. The molecule has 180 valence electrons. The Hall–Kier alpha value is -1.62. The molecular weight excluding hydrogens is 448 g/mol. The van der Waals surface area contributed by atoms with Crippen molar-refractivity contribution in [3.63, 3.8) is 0 Å². The van der Waals surface area contributed by atoms with Gasteiger partial charge in [-0.25, -0.2) is 0 Å². The van der Waals surface area contributed by atoms with Gasteiger partial charge in [0.05, 0.1) is 0 Å². The van der Waals surface area contributed by atoms with Gasteiger partial charge in [0.2, 0.25) is 0 Å². The monoisotopic (exact) mass is 484 g/mol. The molecule has 0 amide bonds. The molecule has 0 spiro atoms. The fourth-order valence-corrected chi connectivity index (χ4v) is 1.06. The van der Waals surface area contributed by atoms with Crippen molar-refractivity contribution in [3.05, 3.63) is 0 Å². The van der Waals surface area contributed by atoms with Crippen LogP contribution in [0.15, 0.2) is 0 Å². The minimum atomic E-state index is -1.28. The van der Waals surface area contributed by atoms with Crippen LogP contribution in [0.3, 0.4) is 0 Å². The predicted octanol–water partition coefficient (Wildman–Crippen LogP) is -1.41. The van der Waals surface area contributed by atoms with Gasteiger partial charge in [0, 0.05) is 31.2 Å². The summed E-state index contributed by atoms with van der Waals surface area (Å²) in [5.74, 6) is -3.84. The Morgan fingerprint density at radius 3 is 1.13 bits per heavy atom. The van der Waals surface area contributed by atoms with E-state index in [0.29, 0.717) is 19.3 Å². The molecule has 0 heterocycles. The topological polar surface area (TPSA) is 198 Å². The van der Waals surface area contributed by atoms with E-state index in [4.69, 9.17) is 15.0 Å². The Morgan fingerprint density at radius 1 is 0.742 bits per heavy atom. The number of carboxylic acids is 3.